The molecule has 0 bridgehead atoms. The molecule has 2 unspecified atom stereocenters. The highest BCUT2D eigenvalue weighted by Gasteiger charge is 2.72. The Morgan fingerprint density at radius 2 is 1.91 bits per heavy atom. The summed E-state index contributed by atoms with van der Waals surface area (Å²) < 4.78 is 28.8. The predicted octanol–water partition coefficient (Wildman–Crippen LogP) is 2.78. The number of hydrogen-bond acceptors (Lipinski definition) is 8. The van der Waals surface area contributed by atoms with Gasteiger partial charge in [-0.1, -0.05) is 32.4 Å². The van der Waals surface area contributed by atoms with Gasteiger partial charge in [0.15, 0.2) is 0 Å². The van der Waals surface area contributed by atoms with Crippen molar-refractivity contribution in [1.29, 1.82) is 0 Å². The molecule has 3 rings (SSSR count). The molecule has 0 aromatic heterocycles. The van der Waals surface area contributed by atoms with Crippen LogP contribution in [-0.2, 0) is 33.3 Å². The standard InChI is InChI=1S/C25H41NO7/c1-15(2)9-10-17-24(6,33-17)20-19(29-7)16(11-12-25(20)14-31-25)32-18(27)13-26-21(22(28)30-8)23(3,4)5/h9,16-17,19-21,26H,10-14H2,1-8H3/t16-,17?,19-,20-,21?,24+,25+/m1/s1. The lowest BCUT2D eigenvalue weighted by Gasteiger charge is -2.42. The number of esters is 2. The average Bonchev–Trinajstić information content (AvgIpc) is 3.64. The monoisotopic (exact) mass is 467 g/mol. The molecule has 7 atom stereocenters. The van der Waals surface area contributed by atoms with Gasteiger partial charge in [-0.15, -0.1) is 0 Å². The molecule has 188 valence electrons. The smallest absolute Gasteiger partial charge is 0.323 e. The first-order valence-corrected chi connectivity index (χ1v) is 11.9. The highest BCUT2D eigenvalue weighted by atomic mass is 16.6. The number of epoxide rings is 2. The van der Waals surface area contributed by atoms with E-state index in [1.165, 1.54) is 12.7 Å². The van der Waals surface area contributed by atoms with Gasteiger partial charge in [0.2, 0.25) is 0 Å². The molecule has 1 N–H and O–H groups in total. The van der Waals surface area contributed by atoms with E-state index in [9.17, 15) is 9.59 Å². The summed E-state index contributed by atoms with van der Waals surface area (Å²) in [5, 5.41) is 3.00. The maximum atomic E-state index is 12.7. The van der Waals surface area contributed by atoms with E-state index < -0.39 is 29.5 Å². The third-order valence-corrected chi connectivity index (χ3v) is 7.27. The zero-order valence-corrected chi connectivity index (χ0v) is 21.4. The second-order valence-corrected chi connectivity index (χ2v) is 11.1. The third kappa shape index (κ3) is 5.61. The number of methoxy groups -OCH3 is 2. The van der Waals surface area contributed by atoms with Gasteiger partial charge in [-0.25, -0.2) is 0 Å². The Balaban J connectivity index is 1.66. The van der Waals surface area contributed by atoms with Crippen molar-refractivity contribution >= 4 is 11.9 Å². The van der Waals surface area contributed by atoms with Crippen LogP contribution in [0.1, 0.15) is 60.8 Å². The minimum Gasteiger partial charge on any atom is -0.468 e. The van der Waals surface area contributed by atoms with Crippen LogP contribution in [0.5, 0.6) is 0 Å². The Bertz CT molecular complexity index is 765. The van der Waals surface area contributed by atoms with Crippen molar-refractivity contribution in [2.24, 2.45) is 11.3 Å². The molecule has 0 amide bonds. The summed E-state index contributed by atoms with van der Waals surface area (Å²) in [5.41, 5.74) is 0.205. The van der Waals surface area contributed by atoms with Crippen molar-refractivity contribution in [1.82, 2.24) is 5.32 Å². The Hall–Kier alpha value is -1.48. The molecule has 3 fully saturated rings. The van der Waals surface area contributed by atoms with Gasteiger partial charge in [-0.2, -0.15) is 0 Å². The fraction of sp³-hybridized carbons (Fsp3) is 0.840. The van der Waals surface area contributed by atoms with E-state index in [-0.39, 0.29) is 35.9 Å². The van der Waals surface area contributed by atoms with E-state index >= 15 is 0 Å². The van der Waals surface area contributed by atoms with E-state index in [1.807, 2.05) is 20.8 Å². The second kappa shape index (κ2) is 9.64. The lowest BCUT2D eigenvalue weighted by atomic mass is 9.68. The lowest BCUT2D eigenvalue weighted by molar-refractivity contribution is -0.171. The molecular weight excluding hydrogens is 426 g/mol. The molecule has 0 radical (unpaired) electrons. The Morgan fingerprint density at radius 3 is 2.42 bits per heavy atom. The molecule has 3 aliphatic rings. The zero-order valence-electron chi connectivity index (χ0n) is 21.4. The Kier molecular flexibility index (Phi) is 7.63. The number of nitrogens with one attached hydrogen (secondary N) is 1. The minimum absolute atomic E-state index is 0.0255. The minimum atomic E-state index is -0.620. The molecule has 8 nitrogen and oxygen atoms in total. The summed E-state index contributed by atoms with van der Waals surface area (Å²) >= 11 is 0. The summed E-state index contributed by atoms with van der Waals surface area (Å²) in [6.07, 6.45) is 3.86. The molecule has 2 saturated heterocycles. The van der Waals surface area contributed by atoms with Gasteiger partial charge >= 0.3 is 11.9 Å². The van der Waals surface area contributed by atoms with E-state index in [4.69, 9.17) is 23.7 Å². The number of hydrogen-bond donors (Lipinski definition) is 1. The molecule has 0 aromatic carbocycles. The fourth-order valence-corrected chi connectivity index (χ4v) is 5.33. The van der Waals surface area contributed by atoms with Gasteiger partial charge < -0.3 is 23.7 Å². The first-order chi connectivity index (χ1) is 15.4. The first kappa shape index (κ1) is 26.1. The van der Waals surface area contributed by atoms with Crippen molar-refractivity contribution < 1.29 is 33.3 Å². The molecule has 0 aromatic rings. The number of ether oxygens (including phenoxy) is 5. The maximum Gasteiger partial charge on any atom is 0.323 e. The first-order valence-electron chi connectivity index (χ1n) is 11.9. The van der Waals surface area contributed by atoms with Gasteiger partial charge in [0, 0.05) is 7.11 Å². The highest BCUT2D eigenvalue weighted by molar-refractivity contribution is 5.78. The molecule has 2 heterocycles. The van der Waals surface area contributed by atoms with Crippen LogP contribution in [-0.4, -0.2) is 74.9 Å². The zero-order chi connectivity index (χ0) is 24.6. The molecular formula is C25H41NO7. The number of carbonyl (C=O) groups is 2. The highest BCUT2D eigenvalue weighted by Crippen LogP contribution is 2.59. The topological polar surface area (TPSA) is 98.9 Å². The number of rotatable bonds is 9. The van der Waals surface area contributed by atoms with Crippen LogP contribution in [0.4, 0.5) is 0 Å². The van der Waals surface area contributed by atoms with Crippen molar-refractivity contribution in [3.8, 4) is 0 Å². The van der Waals surface area contributed by atoms with Gasteiger partial charge in [0.1, 0.15) is 29.5 Å². The van der Waals surface area contributed by atoms with E-state index in [1.54, 1.807) is 7.11 Å². The third-order valence-electron chi connectivity index (χ3n) is 7.27. The van der Waals surface area contributed by atoms with Crippen LogP contribution in [0.25, 0.3) is 0 Å². The van der Waals surface area contributed by atoms with Crippen molar-refractivity contribution in [2.45, 2.75) is 96.4 Å². The Morgan fingerprint density at radius 1 is 1.24 bits per heavy atom. The summed E-state index contributed by atoms with van der Waals surface area (Å²) in [6, 6.07) is -0.620. The fourth-order valence-electron chi connectivity index (χ4n) is 5.33. The van der Waals surface area contributed by atoms with Crippen molar-refractivity contribution in [2.75, 3.05) is 27.4 Å². The van der Waals surface area contributed by atoms with Crippen LogP contribution in [0.15, 0.2) is 11.6 Å². The van der Waals surface area contributed by atoms with Crippen LogP contribution in [0.3, 0.4) is 0 Å². The van der Waals surface area contributed by atoms with E-state index in [0.717, 1.165) is 12.8 Å². The Labute approximate surface area is 197 Å². The van der Waals surface area contributed by atoms with Gasteiger partial charge in [-0.05, 0) is 45.4 Å². The number of carbonyl (C=O) groups excluding carboxylic acids is 2. The van der Waals surface area contributed by atoms with Crippen LogP contribution >= 0.6 is 0 Å². The summed E-state index contributed by atoms with van der Waals surface area (Å²) in [7, 11) is 3.00. The van der Waals surface area contributed by atoms with Gasteiger partial charge in [0.25, 0.3) is 0 Å². The van der Waals surface area contributed by atoms with Crippen molar-refractivity contribution in [3.63, 3.8) is 0 Å². The van der Waals surface area contributed by atoms with E-state index in [0.29, 0.717) is 13.0 Å². The summed E-state index contributed by atoms with van der Waals surface area (Å²) in [4.78, 5) is 24.9. The quantitative estimate of drug-likeness (QED) is 0.314. The van der Waals surface area contributed by atoms with Gasteiger partial charge in [0.05, 0.1) is 32.3 Å². The summed E-state index contributed by atoms with van der Waals surface area (Å²) in [5.74, 6) is -0.853. The van der Waals surface area contributed by atoms with E-state index in [2.05, 4.69) is 32.2 Å². The molecule has 1 saturated carbocycles. The summed E-state index contributed by atoms with van der Waals surface area (Å²) in [6.45, 7) is 12.6. The second-order valence-electron chi connectivity index (χ2n) is 11.1. The average molecular weight is 468 g/mol. The molecule has 1 aliphatic carbocycles. The lowest BCUT2D eigenvalue weighted by Crippen LogP contribution is -2.56. The molecule has 8 heteroatoms. The molecule has 2 aliphatic heterocycles. The van der Waals surface area contributed by atoms with Crippen LogP contribution < -0.4 is 5.32 Å². The largest absolute Gasteiger partial charge is 0.468 e. The predicted molar refractivity (Wildman–Crippen MR) is 123 cm³/mol. The number of allylic oxidation sites excluding steroid dienone is 1. The van der Waals surface area contributed by atoms with Gasteiger partial charge in [-0.3, -0.25) is 14.9 Å². The molecule has 33 heavy (non-hydrogen) atoms. The van der Waals surface area contributed by atoms with Crippen LogP contribution in [0, 0.1) is 11.3 Å². The normalized spacial score (nSPS) is 36.1. The van der Waals surface area contributed by atoms with Crippen LogP contribution in [0.2, 0.25) is 0 Å². The van der Waals surface area contributed by atoms with Crippen molar-refractivity contribution in [3.05, 3.63) is 11.6 Å². The molecule has 1 spiro atoms. The SMILES string of the molecule is COC(=O)C(NCC(=O)O[C@@H]1CC[C@]2(CO2)[C@@H]([C@@]2(C)OC2CC=C(C)C)[C@@H]1OC)C(C)(C)C. The maximum absolute atomic E-state index is 12.7.